The maximum absolute atomic E-state index is 15.2. The number of halogens is 1. The molecule has 0 amide bonds. The van der Waals surface area contributed by atoms with Gasteiger partial charge in [-0.15, -0.1) is 0 Å². The van der Waals surface area contributed by atoms with Crippen molar-refractivity contribution in [3.63, 3.8) is 0 Å². The van der Waals surface area contributed by atoms with E-state index >= 15 is 4.39 Å². The predicted octanol–water partition coefficient (Wildman–Crippen LogP) is 7.63. The van der Waals surface area contributed by atoms with Crippen molar-refractivity contribution in [1.29, 1.82) is 0 Å². The van der Waals surface area contributed by atoms with Crippen LogP contribution in [0.3, 0.4) is 0 Å². The Hall–Kier alpha value is -3.53. The van der Waals surface area contributed by atoms with Crippen LogP contribution in [0.2, 0.25) is 0 Å². The van der Waals surface area contributed by atoms with Crippen LogP contribution in [-0.4, -0.2) is 4.98 Å². The molecule has 3 aromatic heterocycles. The van der Waals surface area contributed by atoms with E-state index in [9.17, 15) is 0 Å². The minimum atomic E-state index is -0.361. The third-order valence-electron chi connectivity index (χ3n) is 7.40. The monoisotopic (exact) mass is 451 g/mol. The molecule has 0 aliphatic heterocycles. The van der Waals surface area contributed by atoms with E-state index in [1.165, 1.54) is 43.9 Å². The number of nitrogens with zero attached hydrogens (tertiary/aromatic N) is 2. The molecule has 0 N–H and O–H groups in total. The standard InChI is InChI=1S/C30H28FN2O/c1-19-11-16-23-28-30(34-29(23)26(19)25-10-6-7-17-33(25)2)27(24(31)18-32-28)22-14-12-21(13-15-22)20-8-4-3-5-9-20/h6-7,10-18,20H,3-5,8-9H2,1-2H3/q+1. The van der Waals surface area contributed by atoms with Crippen molar-refractivity contribution in [2.75, 3.05) is 0 Å². The molecular weight excluding hydrogens is 423 g/mol. The molecule has 6 rings (SSSR count). The Labute approximate surface area is 198 Å². The van der Waals surface area contributed by atoms with Crippen molar-refractivity contribution in [1.82, 2.24) is 4.98 Å². The summed E-state index contributed by atoms with van der Waals surface area (Å²) in [6, 6.07) is 18.6. The first kappa shape index (κ1) is 21.0. The van der Waals surface area contributed by atoms with Crippen LogP contribution in [0.25, 0.3) is 44.5 Å². The number of rotatable bonds is 3. The first-order valence-electron chi connectivity index (χ1n) is 12.2. The lowest BCUT2D eigenvalue weighted by Crippen LogP contribution is -2.30. The predicted molar refractivity (Wildman–Crippen MR) is 134 cm³/mol. The van der Waals surface area contributed by atoms with Gasteiger partial charge in [-0.3, -0.25) is 0 Å². The van der Waals surface area contributed by atoms with Crippen LogP contribution in [0.15, 0.2) is 71.4 Å². The van der Waals surface area contributed by atoms with E-state index in [-0.39, 0.29) is 5.82 Å². The zero-order chi connectivity index (χ0) is 23.2. The molecule has 0 saturated heterocycles. The number of hydrogen-bond donors (Lipinski definition) is 0. The summed E-state index contributed by atoms with van der Waals surface area (Å²) in [6.45, 7) is 2.08. The first-order chi connectivity index (χ1) is 16.6. The average molecular weight is 452 g/mol. The summed E-state index contributed by atoms with van der Waals surface area (Å²) >= 11 is 0. The molecule has 1 saturated carbocycles. The van der Waals surface area contributed by atoms with E-state index in [4.69, 9.17) is 4.42 Å². The Morgan fingerprint density at radius 3 is 2.47 bits per heavy atom. The Balaban J connectivity index is 1.54. The van der Waals surface area contributed by atoms with Crippen LogP contribution in [0, 0.1) is 12.7 Å². The second-order valence-electron chi connectivity index (χ2n) is 9.55. The van der Waals surface area contributed by atoms with Gasteiger partial charge in [0, 0.05) is 17.5 Å². The van der Waals surface area contributed by atoms with Gasteiger partial charge in [-0.25, -0.2) is 13.9 Å². The highest BCUT2D eigenvalue weighted by atomic mass is 19.1. The summed E-state index contributed by atoms with van der Waals surface area (Å²) < 4.78 is 23.8. The number of furan rings is 1. The van der Waals surface area contributed by atoms with Gasteiger partial charge < -0.3 is 4.42 Å². The highest BCUT2D eigenvalue weighted by Gasteiger charge is 2.24. The summed E-state index contributed by atoms with van der Waals surface area (Å²) in [5.74, 6) is 0.258. The number of benzene rings is 2. The van der Waals surface area contributed by atoms with Crippen molar-refractivity contribution in [3.8, 4) is 22.4 Å². The van der Waals surface area contributed by atoms with Crippen molar-refractivity contribution >= 4 is 22.1 Å². The smallest absolute Gasteiger partial charge is 0.216 e. The van der Waals surface area contributed by atoms with Gasteiger partial charge in [0.05, 0.1) is 17.3 Å². The molecule has 3 nitrogen and oxygen atoms in total. The van der Waals surface area contributed by atoms with Gasteiger partial charge in [0.25, 0.3) is 0 Å². The number of fused-ring (bicyclic) bond motifs is 3. The molecule has 1 aliphatic carbocycles. The molecule has 5 aromatic rings. The van der Waals surface area contributed by atoms with E-state index < -0.39 is 0 Å². The molecule has 0 spiro atoms. The molecule has 3 heterocycles. The summed E-state index contributed by atoms with van der Waals surface area (Å²) in [5, 5.41) is 0.902. The molecule has 0 radical (unpaired) electrons. The van der Waals surface area contributed by atoms with Gasteiger partial charge in [0.1, 0.15) is 12.6 Å². The molecule has 4 heteroatoms. The van der Waals surface area contributed by atoms with Gasteiger partial charge in [0.2, 0.25) is 5.69 Å². The van der Waals surface area contributed by atoms with Gasteiger partial charge in [-0.1, -0.05) is 49.6 Å². The zero-order valence-corrected chi connectivity index (χ0v) is 19.6. The van der Waals surface area contributed by atoms with Gasteiger partial charge >= 0.3 is 0 Å². The normalized spacial score (nSPS) is 14.8. The van der Waals surface area contributed by atoms with Crippen molar-refractivity contribution in [2.45, 2.75) is 44.9 Å². The topological polar surface area (TPSA) is 29.9 Å². The van der Waals surface area contributed by atoms with E-state index in [1.54, 1.807) is 0 Å². The quantitative estimate of drug-likeness (QED) is 0.264. The fourth-order valence-electron chi connectivity index (χ4n) is 5.57. The van der Waals surface area contributed by atoms with E-state index in [0.717, 1.165) is 33.4 Å². The van der Waals surface area contributed by atoms with E-state index in [2.05, 4.69) is 40.7 Å². The fraction of sp³-hybridized carbons (Fsp3) is 0.267. The summed E-state index contributed by atoms with van der Waals surface area (Å²) in [6.07, 6.45) is 9.77. The number of aromatic nitrogens is 2. The molecule has 1 aliphatic rings. The third kappa shape index (κ3) is 3.40. The summed E-state index contributed by atoms with van der Waals surface area (Å²) in [7, 11) is 2.02. The van der Waals surface area contributed by atoms with Crippen LogP contribution < -0.4 is 4.57 Å². The highest BCUT2D eigenvalue weighted by Crippen LogP contribution is 2.41. The Morgan fingerprint density at radius 2 is 1.71 bits per heavy atom. The van der Waals surface area contributed by atoms with Crippen LogP contribution in [-0.2, 0) is 7.05 Å². The van der Waals surface area contributed by atoms with Crippen LogP contribution >= 0.6 is 0 Å². The van der Waals surface area contributed by atoms with E-state index in [0.29, 0.717) is 22.6 Å². The molecule has 0 unspecified atom stereocenters. The summed E-state index contributed by atoms with van der Waals surface area (Å²) in [5.41, 5.74) is 7.77. The maximum Gasteiger partial charge on any atom is 0.216 e. The van der Waals surface area contributed by atoms with Crippen LogP contribution in [0.1, 0.15) is 49.1 Å². The maximum atomic E-state index is 15.2. The molecule has 2 aromatic carbocycles. The Kier molecular flexibility index (Phi) is 5.17. The van der Waals surface area contributed by atoms with Crippen molar-refractivity contribution in [3.05, 3.63) is 83.9 Å². The lowest BCUT2D eigenvalue weighted by Gasteiger charge is -2.22. The third-order valence-corrected chi connectivity index (χ3v) is 7.40. The molecule has 0 atom stereocenters. The van der Waals surface area contributed by atoms with Gasteiger partial charge in [-0.2, -0.15) is 0 Å². The van der Waals surface area contributed by atoms with Gasteiger partial charge in [-0.05, 0) is 54.5 Å². The van der Waals surface area contributed by atoms with Crippen LogP contribution in [0.4, 0.5) is 4.39 Å². The number of hydrogen-bond acceptors (Lipinski definition) is 2. The SMILES string of the molecule is Cc1ccc2c(oc3c(-c4ccc(C5CCCCC5)cc4)c(F)cnc32)c1-c1cccc[n+]1C. The first-order valence-corrected chi connectivity index (χ1v) is 12.2. The lowest BCUT2D eigenvalue weighted by atomic mass is 9.83. The zero-order valence-electron chi connectivity index (χ0n) is 19.6. The fourth-order valence-corrected chi connectivity index (χ4v) is 5.57. The van der Waals surface area contributed by atoms with E-state index in [1.807, 2.05) is 43.6 Å². The van der Waals surface area contributed by atoms with Gasteiger partial charge in [0.15, 0.2) is 23.2 Å². The molecule has 34 heavy (non-hydrogen) atoms. The highest BCUT2D eigenvalue weighted by molar-refractivity contribution is 6.11. The molecule has 1 fully saturated rings. The Morgan fingerprint density at radius 1 is 0.912 bits per heavy atom. The lowest BCUT2D eigenvalue weighted by molar-refractivity contribution is -0.660. The van der Waals surface area contributed by atoms with Crippen molar-refractivity contribution < 1.29 is 13.4 Å². The molecule has 170 valence electrons. The summed E-state index contributed by atoms with van der Waals surface area (Å²) in [4.78, 5) is 4.46. The van der Waals surface area contributed by atoms with Crippen molar-refractivity contribution in [2.24, 2.45) is 7.05 Å². The number of aryl methyl sites for hydroxylation is 2. The second kappa shape index (κ2) is 8.35. The average Bonchev–Trinajstić information content (AvgIpc) is 3.24. The van der Waals surface area contributed by atoms with Crippen LogP contribution in [0.5, 0.6) is 0 Å². The number of pyridine rings is 2. The largest absolute Gasteiger partial charge is 0.453 e. The minimum absolute atomic E-state index is 0.361. The molecule has 0 bridgehead atoms. The second-order valence-corrected chi connectivity index (χ2v) is 9.55. The molecular formula is C30H28FN2O+. The minimum Gasteiger partial charge on any atom is -0.453 e. The Bertz CT molecular complexity index is 1510.